The van der Waals surface area contributed by atoms with Crippen LogP contribution in [-0.2, 0) is 11.2 Å². The third-order valence-electron chi connectivity index (χ3n) is 1.81. The zero-order valence-corrected chi connectivity index (χ0v) is 7.32. The van der Waals surface area contributed by atoms with Crippen LogP contribution in [0, 0.1) is 0 Å². The summed E-state index contributed by atoms with van der Waals surface area (Å²) in [6.45, 7) is 3.50. The fourth-order valence-corrected chi connectivity index (χ4v) is 1.27. The SMILES string of the molecule is C=C1Oc2ccc(CC(=O)O)cc2O1. The normalized spacial score (nSPS) is 13.0. The van der Waals surface area contributed by atoms with Crippen molar-refractivity contribution < 1.29 is 19.4 Å². The van der Waals surface area contributed by atoms with Crippen molar-refractivity contribution >= 4 is 5.97 Å². The molecule has 2 rings (SSSR count). The molecule has 0 radical (unpaired) electrons. The molecular weight excluding hydrogens is 184 g/mol. The highest BCUT2D eigenvalue weighted by Crippen LogP contribution is 2.36. The second kappa shape index (κ2) is 3.06. The molecule has 72 valence electrons. The maximum Gasteiger partial charge on any atom is 0.307 e. The lowest BCUT2D eigenvalue weighted by Gasteiger charge is -1.98. The van der Waals surface area contributed by atoms with Gasteiger partial charge in [0.15, 0.2) is 11.5 Å². The molecule has 0 amide bonds. The van der Waals surface area contributed by atoms with Crippen molar-refractivity contribution in [2.24, 2.45) is 0 Å². The Morgan fingerprint density at radius 3 is 2.79 bits per heavy atom. The Morgan fingerprint density at radius 2 is 2.07 bits per heavy atom. The summed E-state index contributed by atoms with van der Waals surface area (Å²) in [5.41, 5.74) is 0.676. The topological polar surface area (TPSA) is 55.8 Å². The van der Waals surface area contributed by atoms with Gasteiger partial charge in [-0.1, -0.05) is 6.07 Å². The molecule has 4 nitrogen and oxygen atoms in total. The number of fused-ring (bicyclic) bond motifs is 1. The zero-order chi connectivity index (χ0) is 10.1. The van der Waals surface area contributed by atoms with Crippen molar-refractivity contribution in [3.63, 3.8) is 0 Å². The highest BCUT2D eigenvalue weighted by molar-refractivity contribution is 5.70. The summed E-state index contributed by atoms with van der Waals surface area (Å²) in [5.74, 6) is 0.438. The monoisotopic (exact) mass is 192 g/mol. The lowest BCUT2D eigenvalue weighted by molar-refractivity contribution is -0.136. The molecule has 0 saturated heterocycles. The number of hydrogen-bond donors (Lipinski definition) is 1. The van der Waals surface area contributed by atoms with E-state index in [4.69, 9.17) is 14.6 Å². The zero-order valence-electron chi connectivity index (χ0n) is 7.32. The number of hydrogen-bond acceptors (Lipinski definition) is 3. The predicted molar refractivity (Wildman–Crippen MR) is 48.2 cm³/mol. The lowest BCUT2D eigenvalue weighted by Crippen LogP contribution is -1.99. The number of ether oxygens (including phenoxy) is 2. The number of rotatable bonds is 2. The molecule has 0 aromatic heterocycles. The van der Waals surface area contributed by atoms with Gasteiger partial charge in [0, 0.05) is 0 Å². The summed E-state index contributed by atoms with van der Waals surface area (Å²) in [7, 11) is 0. The summed E-state index contributed by atoms with van der Waals surface area (Å²) >= 11 is 0. The smallest absolute Gasteiger partial charge is 0.307 e. The van der Waals surface area contributed by atoms with E-state index in [0.29, 0.717) is 17.1 Å². The van der Waals surface area contributed by atoms with Crippen LogP contribution in [0.4, 0.5) is 0 Å². The van der Waals surface area contributed by atoms with E-state index in [1.165, 1.54) is 0 Å². The third kappa shape index (κ3) is 1.54. The van der Waals surface area contributed by atoms with Crippen molar-refractivity contribution in [2.75, 3.05) is 0 Å². The Kier molecular flexibility index (Phi) is 1.89. The van der Waals surface area contributed by atoms with Crippen molar-refractivity contribution in [1.29, 1.82) is 0 Å². The van der Waals surface area contributed by atoms with Gasteiger partial charge in [-0.05, 0) is 24.3 Å². The molecule has 1 N–H and O–H groups in total. The highest BCUT2D eigenvalue weighted by Gasteiger charge is 2.17. The van der Waals surface area contributed by atoms with Gasteiger partial charge in [0.2, 0.25) is 0 Å². The van der Waals surface area contributed by atoms with Gasteiger partial charge in [0.1, 0.15) is 0 Å². The van der Waals surface area contributed by atoms with Crippen LogP contribution in [0.5, 0.6) is 11.5 Å². The molecular formula is C10H8O4. The summed E-state index contributed by atoms with van der Waals surface area (Å²) in [6, 6.07) is 5.00. The van der Waals surface area contributed by atoms with Crippen LogP contribution in [0.1, 0.15) is 5.56 Å². The molecule has 0 bridgehead atoms. The van der Waals surface area contributed by atoms with Gasteiger partial charge < -0.3 is 14.6 Å². The van der Waals surface area contributed by atoms with Gasteiger partial charge in [-0.15, -0.1) is 0 Å². The first-order valence-corrected chi connectivity index (χ1v) is 4.04. The van der Waals surface area contributed by atoms with E-state index in [9.17, 15) is 4.79 Å². The van der Waals surface area contributed by atoms with E-state index < -0.39 is 5.97 Å². The lowest BCUT2D eigenvalue weighted by atomic mass is 10.1. The Balaban J connectivity index is 2.28. The second-order valence-corrected chi connectivity index (χ2v) is 2.93. The molecule has 0 fully saturated rings. The Hall–Kier alpha value is -1.97. The van der Waals surface area contributed by atoms with E-state index in [1.54, 1.807) is 18.2 Å². The Bertz CT molecular complexity index is 409. The van der Waals surface area contributed by atoms with E-state index in [-0.39, 0.29) is 12.4 Å². The van der Waals surface area contributed by atoms with Crippen LogP contribution < -0.4 is 9.47 Å². The molecule has 4 heteroatoms. The van der Waals surface area contributed by atoms with Gasteiger partial charge >= 0.3 is 5.97 Å². The highest BCUT2D eigenvalue weighted by atomic mass is 16.7. The molecule has 1 aliphatic heterocycles. The first kappa shape index (κ1) is 8.62. The van der Waals surface area contributed by atoms with Crippen molar-refractivity contribution in [2.45, 2.75) is 6.42 Å². The van der Waals surface area contributed by atoms with E-state index >= 15 is 0 Å². The summed E-state index contributed by atoms with van der Waals surface area (Å²) < 4.78 is 10.2. The minimum Gasteiger partial charge on any atom is -0.481 e. The molecule has 0 unspecified atom stereocenters. The largest absolute Gasteiger partial charge is 0.481 e. The minimum atomic E-state index is -0.873. The van der Waals surface area contributed by atoms with Gasteiger partial charge in [-0.3, -0.25) is 4.79 Å². The van der Waals surface area contributed by atoms with Crippen LogP contribution in [0.3, 0.4) is 0 Å². The molecule has 1 aromatic rings. The second-order valence-electron chi connectivity index (χ2n) is 2.93. The molecule has 1 aliphatic rings. The Labute approximate surface area is 80.4 Å². The van der Waals surface area contributed by atoms with Crippen molar-refractivity contribution in [3.8, 4) is 11.5 Å². The minimum absolute atomic E-state index is 0.0247. The molecule has 0 spiro atoms. The van der Waals surface area contributed by atoms with Crippen LogP contribution in [0.25, 0.3) is 0 Å². The van der Waals surface area contributed by atoms with Crippen LogP contribution in [0.2, 0.25) is 0 Å². The maximum absolute atomic E-state index is 10.4. The molecule has 0 aliphatic carbocycles. The quantitative estimate of drug-likeness (QED) is 0.772. The average Bonchev–Trinajstić information content (AvgIpc) is 2.42. The Morgan fingerprint density at radius 1 is 1.36 bits per heavy atom. The standard InChI is InChI=1S/C10H8O4/c1-6-13-8-3-2-7(5-10(11)12)4-9(8)14-6/h2-4H,1,5H2,(H,11,12). The van der Waals surface area contributed by atoms with Crippen LogP contribution >= 0.6 is 0 Å². The van der Waals surface area contributed by atoms with E-state index in [2.05, 4.69) is 6.58 Å². The average molecular weight is 192 g/mol. The summed E-state index contributed by atoms with van der Waals surface area (Å²) in [6.07, 6.45) is -0.0247. The first-order chi connectivity index (χ1) is 6.65. The molecule has 0 atom stereocenters. The van der Waals surface area contributed by atoms with Gasteiger partial charge in [-0.25, -0.2) is 0 Å². The molecule has 1 heterocycles. The van der Waals surface area contributed by atoms with Gasteiger partial charge in [0.25, 0.3) is 5.95 Å². The number of carboxylic acid groups (broad SMARTS) is 1. The van der Waals surface area contributed by atoms with Crippen LogP contribution in [0.15, 0.2) is 30.7 Å². The maximum atomic E-state index is 10.4. The number of carboxylic acids is 1. The molecule has 0 saturated carbocycles. The van der Waals surface area contributed by atoms with E-state index in [0.717, 1.165) is 0 Å². The number of aliphatic carboxylic acids is 1. The van der Waals surface area contributed by atoms with Gasteiger partial charge in [-0.2, -0.15) is 0 Å². The predicted octanol–water partition coefficient (Wildman–Crippen LogP) is 1.56. The first-order valence-electron chi connectivity index (χ1n) is 4.04. The van der Waals surface area contributed by atoms with Crippen molar-refractivity contribution in [3.05, 3.63) is 36.3 Å². The molecule has 14 heavy (non-hydrogen) atoms. The number of benzene rings is 1. The fraction of sp³-hybridized carbons (Fsp3) is 0.100. The fourth-order valence-electron chi connectivity index (χ4n) is 1.27. The number of carbonyl (C=O) groups is 1. The summed E-state index contributed by atoms with van der Waals surface area (Å²) in [5, 5.41) is 8.58. The van der Waals surface area contributed by atoms with Crippen LogP contribution in [-0.4, -0.2) is 11.1 Å². The van der Waals surface area contributed by atoms with Gasteiger partial charge in [0.05, 0.1) is 6.42 Å². The third-order valence-corrected chi connectivity index (χ3v) is 1.81. The van der Waals surface area contributed by atoms with Crippen molar-refractivity contribution in [1.82, 2.24) is 0 Å². The summed E-state index contributed by atoms with van der Waals surface area (Å²) in [4.78, 5) is 10.4. The van der Waals surface area contributed by atoms with E-state index in [1.807, 2.05) is 0 Å². The molecule has 1 aromatic carbocycles.